The SMILES string of the molecule is CC(C)(C)OC(=O)N1CCC(NC(=O)C(O)(c2ccccc2)C2CCCC2)CC1. The molecule has 2 N–H and O–H groups in total. The normalized spacial score (nSPS) is 20.9. The quantitative estimate of drug-likeness (QED) is 0.807. The molecule has 0 aromatic heterocycles. The Morgan fingerprint density at radius 1 is 1.03 bits per heavy atom. The van der Waals surface area contributed by atoms with Crippen LogP contribution in [-0.4, -0.2) is 46.7 Å². The third kappa shape index (κ3) is 5.10. The Morgan fingerprint density at radius 2 is 1.62 bits per heavy atom. The molecule has 160 valence electrons. The van der Waals surface area contributed by atoms with Crippen LogP contribution in [0.3, 0.4) is 0 Å². The molecule has 29 heavy (non-hydrogen) atoms. The number of carbonyl (C=O) groups is 2. The molecule has 6 nitrogen and oxygen atoms in total. The first kappa shape index (κ1) is 21.6. The molecule has 1 aliphatic carbocycles. The van der Waals surface area contributed by atoms with Gasteiger partial charge in [0, 0.05) is 25.0 Å². The van der Waals surface area contributed by atoms with E-state index in [1.165, 1.54) is 0 Å². The van der Waals surface area contributed by atoms with Crippen LogP contribution in [0, 0.1) is 5.92 Å². The van der Waals surface area contributed by atoms with Crippen molar-refractivity contribution in [3.8, 4) is 0 Å². The van der Waals surface area contributed by atoms with E-state index >= 15 is 0 Å². The van der Waals surface area contributed by atoms with E-state index in [0.29, 0.717) is 31.5 Å². The molecule has 0 radical (unpaired) electrons. The number of piperidine rings is 1. The van der Waals surface area contributed by atoms with Crippen molar-refractivity contribution < 1.29 is 19.4 Å². The molecule has 1 aromatic carbocycles. The molecule has 2 aliphatic rings. The standard InChI is InChI=1S/C23H34N2O4/c1-22(2,3)29-21(27)25-15-13-19(14-16-25)24-20(26)23(28,18-11-7-8-12-18)17-9-5-4-6-10-17/h4-6,9-10,18-19,28H,7-8,11-16H2,1-3H3,(H,24,26). The number of benzene rings is 1. The molecular formula is C23H34N2O4. The monoisotopic (exact) mass is 402 g/mol. The van der Waals surface area contributed by atoms with E-state index in [4.69, 9.17) is 4.74 Å². The smallest absolute Gasteiger partial charge is 0.410 e. The summed E-state index contributed by atoms with van der Waals surface area (Å²) in [6, 6.07) is 9.23. The summed E-state index contributed by atoms with van der Waals surface area (Å²) in [5, 5.41) is 14.6. The van der Waals surface area contributed by atoms with Crippen LogP contribution in [0.1, 0.15) is 64.9 Å². The number of likely N-dealkylation sites (tertiary alicyclic amines) is 1. The zero-order valence-corrected chi connectivity index (χ0v) is 17.8. The highest BCUT2D eigenvalue weighted by Gasteiger charge is 2.47. The highest BCUT2D eigenvalue weighted by Crippen LogP contribution is 2.41. The van der Waals surface area contributed by atoms with Gasteiger partial charge < -0.3 is 20.1 Å². The number of aliphatic hydroxyl groups is 1. The Morgan fingerprint density at radius 3 is 2.17 bits per heavy atom. The second-order valence-corrected chi connectivity index (χ2v) is 9.33. The molecule has 2 amide bonds. The fourth-order valence-electron chi connectivity index (χ4n) is 4.42. The zero-order chi connectivity index (χ0) is 21.1. The number of carbonyl (C=O) groups excluding carboxylic acids is 2. The molecule has 0 spiro atoms. The van der Waals surface area contributed by atoms with Crippen LogP contribution in [0.25, 0.3) is 0 Å². The van der Waals surface area contributed by atoms with E-state index in [-0.39, 0.29) is 24.0 Å². The molecule has 1 atom stereocenters. The fraction of sp³-hybridized carbons (Fsp3) is 0.652. The minimum absolute atomic E-state index is 0.0576. The average Bonchev–Trinajstić information content (AvgIpc) is 3.22. The van der Waals surface area contributed by atoms with Crippen molar-refractivity contribution in [1.29, 1.82) is 0 Å². The van der Waals surface area contributed by atoms with E-state index < -0.39 is 11.2 Å². The Hall–Kier alpha value is -2.08. The first-order valence-corrected chi connectivity index (χ1v) is 10.8. The molecule has 3 rings (SSSR count). The number of hydrogen-bond acceptors (Lipinski definition) is 4. The van der Waals surface area contributed by atoms with Gasteiger partial charge in [-0.2, -0.15) is 0 Å². The van der Waals surface area contributed by atoms with Crippen molar-refractivity contribution >= 4 is 12.0 Å². The lowest BCUT2D eigenvalue weighted by molar-refractivity contribution is -0.148. The van der Waals surface area contributed by atoms with Crippen molar-refractivity contribution in [3.05, 3.63) is 35.9 Å². The third-order valence-electron chi connectivity index (χ3n) is 5.99. The van der Waals surface area contributed by atoms with E-state index in [9.17, 15) is 14.7 Å². The van der Waals surface area contributed by atoms with Crippen molar-refractivity contribution in [3.63, 3.8) is 0 Å². The summed E-state index contributed by atoms with van der Waals surface area (Å²) in [6.07, 6.45) is 4.80. The summed E-state index contributed by atoms with van der Waals surface area (Å²) < 4.78 is 5.43. The second kappa shape index (κ2) is 8.74. The predicted octanol–water partition coefficient (Wildman–Crippen LogP) is 3.58. The van der Waals surface area contributed by atoms with Gasteiger partial charge in [-0.1, -0.05) is 43.2 Å². The van der Waals surface area contributed by atoms with E-state index in [1.54, 1.807) is 4.90 Å². The van der Waals surface area contributed by atoms with Gasteiger partial charge in [0.15, 0.2) is 5.60 Å². The van der Waals surface area contributed by atoms with Gasteiger partial charge in [0.1, 0.15) is 5.60 Å². The average molecular weight is 403 g/mol. The van der Waals surface area contributed by atoms with E-state index in [2.05, 4.69) is 5.32 Å². The summed E-state index contributed by atoms with van der Waals surface area (Å²) >= 11 is 0. The van der Waals surface area contributed by atoms with Gasteiger partial charge in [-0.15, -0.1) is 0 Å². The van der Waals surface area contributed by atoms with Crippen LogP contribution >= 0.6 is 0 Å². The fourth-order valence-corrected chi connectivity index (χ4v) is 4.42. The lowest BCUT2D eigenvalue weighted by atomic mass is 9.79. The van der Waals surface area contributed by atoms with Crippen molar-refractivity contribution in [2.24, 2.45) is 5.92 Å². The minimum atomic E-state index is -1.50. The van der Waals surface area contributed by atoms with Crippen LogP contribution in [0.2, 0.25) is 0 Å². The molecule has 0 bridgehead atoms. The highest BCUT2D eigenvalue weighted by atomic mass is 16.6. The number of rotatable bonds is 4. The largest absolute Gasteiger partial charge is 0.444 e. The summed E-state index contributed by atoms with van der Waals surface area (Å²) in [4.78, 5) is 27.2. The van der Waals surface area contributed by atoms with Gasteiger partial charge in [0.05, 0.1) is 0 Å². The lowest BCUT2D eigenvalue weighted by Crippen LogP contribution is -2.54. The molecule has 1 saturated heterocycles. The molecular weight excluding hydrogens is 368 g/mol. The Balaban J connectivity index is 1.63. The third-order valence-corrected chi connectivity index (χ3v) is 5.99. The zero-order valence-electron chi connectivity index (χ0n) is 17.8. The minimum Gasteiger partial charge on any atom is -0.444 e. The van der Waals surface area contributed by atoms with Gasteiger partial charge in [0.25, 0.3) is 5.91 Å². The van der Waals surface area contributed by atoms with Crippen molar-refractivity contribution in [2.45, 2.75) is 76.5 Å². The van der Waals surface area contributed by atoms with Crippen LogP contribution in [0.5, 0.6) is 0 Å². The Labute approximate surface area is 173 Å². The summed E-state index contributed by atoms with van der Waals surface area (Å²) in [7, 11) is 0. The topological polar surface area (TPSA) is 78.9 Å². The maximum Gasteiger partial charge on any atom is 0.410 e. The number of hydrogen-bond donors (Lipinski definition) is 2. The van der Waals surface area contributed by atoms with Crippen LogP contribution < -0.4 is 5.32 Å². The summed E-state index contributed by atoms with van der Waals surface area (Å²) in [5.74, 6) is -0.377. The Bertz CT molecular complexity index is 701. The first-order chi connectivity index (χ1) is 13.7. The van der Waals surface area contributed by atoms with Gasteiger partial charge in [-0.05, 0) is 52.0 Å². The maximum atomic E-state index is 13.3. The van der Waals surface area contributed by atoms with E-state index in [0.717, 1.165) is 25.7 Å². The number of nitrogens with zero attached hydrogens (tertiary/aromatic N) is 1. The Kier molecular flexibility index (Phi) is 6.52. The number of amides is 2. The van der Waals surface area contributed by atoms with Crippen LogP contribution in [0.15, 0.2) is 30.3 Å². The molecule has 1 aromatic rings. The molecule has 1 aliphatic heterocycles. The highest BCUT2D eigenvalue weighted by molar-refractivity contribution is 5.87. The number of nitrogens with one attached hydrogen (secondary N) is 1. The van der Waals surface area contributed by atoms with Gasteiger partial charge in [-0.25, -0.2) is 4.79 Å². The maximum absolute atomic E-state index is 13.3. The molecule has 6 heteroatoms. The molecule has 1 unspecified atom stereocenters. The van der Waals surface area contributed by atoms with Crippen molar-refractivity contribution in [2.75, 3.05) is 13.1 Å². The molecule has 1 saturated carbocycles. The first-order valence-electron chi connectivity index (χ1n) is 10.8. The van der Waals surface area contributed by atoms with Gasteiger partial charge in [0.2, 0.25) is 0 Å². The lowest BCUT2D eigenvalue weighted by Gasteiger charge is -2.37. The van der Waals surface area contributed by atoms with Gasteiger partial charge in [-0.3, -0.25) is 4.79 Å². The molecule has 1 heterocycles. The number of ether oxygens (including phenoxy) is 1. The van der Waals surface area contributed by atoms with Gasteiger partial charge >= 0.3 is 6.09 Å². The van der Waals surface area contributed by atoms with Crippen LogP contribution in [0.4, 0.5) is 4.79 Å². The summed E-state index contributed by atoms with van der Waals surface area (Å²) in [6.45, 7) is 6.63. The van der Waals surface area contributed by atoms with Crippen LogP contribution in [-0.2, 0) is 15.1 Å². The predicted molar refractivity (Wildman–Crippen MR) is 111 cm³/mol. The molecule has 2 fully saturated rings. The summed E-state index contributed by atoms with van der Waals surface area (Å²) in [5.41, 5.74) is -1.36. The van der Waals surface area contributed by atoms with E-state index in [1.807, 2.05) is 51.1 Å². The second-order valence-electron chi connectivity index (χ2n) is 9.33. The van der Waals surface area contributed by atoms with Crippen molar-refractivity contribution in [1.82, 2.24) is 10.2 Å².